The number of likely N-dealkylation sites (tertiary alicyclic amines) is 1. The van der Waals surface area contributed by atoms with Crippen molar-refractivity contribution < 1.29 is 13.9 Å². The number of carbonyl (C=O) groups excluding carboxylic acids is 1. The minimum absolute atomic E-state index is 0.0447. The fraction of sp³-hybridized carbons (Fsp3) is 0.500. The van der Waals surface area contributed by atoms with Crippen molar-refractivity contribution in [2.24, 2.45) is 0 Å². The number of hydrogen-bond donors (Lipinski definition) is 1. The molecule has 1 aromatic rings. The van der Waals surface area contributed by atoms with Crippen LogP contribution in [0.25, 0.3) is 0 Å². The van der Waals surface area contributed by atoms with Crippen LogP contribution in [0, 0.1) is 17.1 Å². The van der Waals surface area contributed by atoms with E-state index in [1.54, 1.807) is 23.1 Å². The van der Waals surface area contributed by atoms with E-state index in [1.807, 2.05) is 20.8 Å². The summed E-state index contributed by atoms with van der Waals surface area (Å²) >= 11 is 0. The van der Waals surface area contributed by atoms with E-state index in [9.17, 15) is 14.4 Å². The maximum Gasteiger partial charge on any atom is 0.410 e. The van der Waals surface area contributed by atoms with Crippen LogP contribution in [-0.4, -0.2) is 35.7 Å². The average Bonchev–Trinajstić information content (AvgIpc) is 2.36. The number of carbonyl (C=O) groups is 1. The first-order chi connectivity index (χ1) is 10.3. The molecule has 1 aliphatic rings. The van der Waals surface area contributed by atoms with E-state index in [-0.39, 0.29) is 12.1 Å². The number of ether oxygens (including phenoxy) is 1. The second kappa shape index (κ2) is 6.32. The van der Waals surface area contributed by atoms with Crippen LogP contribution < -0.4 is 5.32 Å². The topological polar surface area (TPSA) is 65.4 Å². The molecule has 22 heavy (non-hydrogen) atoms. The van der Waals surface area contributed by atoms with Gasteiger partial charge in [0, 0.05) is 24.7 Å². The molecule has 118 valence electrons. The van der Waals surface area contributed by atoms with Gasteiger partial charge in [0.2, 0.25) is 0 Å². The zero-order valence-electron chi connectivity index (χ0n) is 13.0. The van der Waals surface area contributed by atoms with Crippen molar-refractivity contribution in [1.82, 2.24) is 10.2 Å². The van der Waals surface area contributed by atoms with Crippen LogP contribution in [0.2, 0.25) is 0 Å². The largest absolute Gasteiger partial charge is 0.444 e. The van der Waals surface area contributed by atoms with Gasteiger partial charge in [0.15, 0.2) is 0 Å². The first-order valence-corrected chi connectivity index (χ1v) is 7.18. The maximum atomic E-state index is 13.7. The van der Waals surface area contributed by atoms with Crippen molar-refractivity contribution in [2.75, 3.05) is 13.1 Å². The number of nitriles is 1. The smallest absolute Gasteiger partial charge is 0.410 e. The molecule has 1 aromatic carbocycles. The van der Waals surface area contributed by atoms with E-state index in [4.69, 9.17) is 4.74 Å². The van der Waals surface area contributed by atoms with Crippen molar-refractivity contribution in [2.45, 2.75) is 38.5 Å². The van der Waals surface area contributed by atoms with Gasteiger partial charge in [-0.25, -0.2) is 9.18 Å². The van der Waals surface area contributed by atoms with Crippen molar-refractivity contribution in [3.63, 3.8) is 0 Å². The van der Waals surface area contributed by atoms with E-state index in [0.29, 0.717) is 18.7 Å². The summed E-state index contributed by atoms with van der Waals surface area (Å²) in [6.07, 6.45) is -0.370. The van der Waals surface area contributed by atoms with Crippen molar-refractivity contribution in [3.8, 4) is 6.07 Å². The molecule has 0 aromatic heterocycles. The number of benzene rings is 1. The van der Waals surface area contributed by atoms with Crippen molar-refractivity contribution in [3.05, 3.63) is 35.6 Å². The Kier molecular flexibility index (Phi) is 4.67. The summed E-state index contributed by atoms with van der Waals surface area (Å²) in [6, 6.07) is 7.47. The molecule has 0 bridgehead atoms. The predicted molar refractivity (Wildman–Crippen MR) is 79.5 cm³/mol. The van der Waals surface area contributed by atoms with Gasteiger partial charge in [-0.1, -0.05) is 18.2 Å². The summed E-state index contributed by atoms with van der Waals surface area (Å²) in [5.41, 5.74) is -0.210. The predicted octanol–water partition coefficient (Wildman–Crippen LogP) is 2.60. The summed E-state index contributed by atoms with van der Waals surface area (Å²) in [6.45, 7) is 6.32. The molecule has 1 amide bonds. The molecule has 1 fully saturated rings. The van der Waals surface area contributed by atoms with Crippen LogP contribution in [0.3, 0.4) is 0 Å². The SMILES string of the molecule is CC(C)(C)OC(=O)N1CC(NC(C#N)c2ccccc2F)C1. The van der Waals surface area contributed by atoms with Gasteiger partial charge in [-0.2, -0.15) is 5.26 Å². The van der Waals surface area contributed by atoms with Crippen molar-refractivity contribution >= 4 is 6.09 Å². The number of halogens is 1. The van der Waals surface area contributed by atoms with Crippen LogP contribution in [0.4, 0.5) is 9.18 Å². The van der Waals surface area contributed by atoms with Crippen LogP contribution in [0.1, 0.15) is 32.4 Å². The maximum absolute atomic E-state index is 13.7. The van der Waals surface area contributed by atoms with Crippen molar-refractivity contribution in [1.29, 1.82) is 5.26 Å². The Morgan fingerprint density at radius 1 is 1.45 bits per heavy atom. The lowest BCUT2D eigenvalue weighted by Crippen LogP contribution is -2.61. The van der Waals surface area contributed by atoms with Crippen LogP contribution in [0.5, 0.6) is 0 Å². The molecule has 1 saturated heterocycles. The van der Waals surface area contributed by atoms with Gasteiger partial charge in [0.05, 0.1) is 6.07 Å². The first-order valence-electron chi connectivity index (χ1n) is 7.18. The van der Waals surface area contributed by atoms with Gasteiger partial charge in [-0.05, 0) is 26.8 Å². The fourth-order valence-corrected chi connectivity index (χ4v) is 2.20. The summed E-state index contributed by atoms with van der Waals surface area (Å²) < 4.78 is 19.0. The lowest BCUT2D eigenvalue weighted by atomic mass is 10.0. The molecule has 6 heteroatoms. The number of rotatable bonds is 3. The lowest BCUT2D eigenvalue weighted by molar-refractivity contribution is 0.00471. The minimum atomic E-state index is -0.730. The van der Waals surface area contributed by atoms with Gasteiger partial charge in [-0.15, -0.1) is 0 Å². The van der Waals surface area contributed by atoms with Crippen LogP contribution >= 0.6 is 0 Å². The summed E-state index contributed by atoms with van der Waals surface area (Å²) in [4.78, 5) is 13.4. The molecule has 0 saturated carbocycles. The average molecular weight is 305 g/mol. The van der Waals surface area contributed by atoms with E-state index in [1.165, 1.54) is 6.07 Å². The number of amides is 1. The van der Waals surface area contributed by atoms with E-state index >= 15 is 0 Å². The van der Waals surface area contributed by atoms with Gasteiger partial charge < -0.3 is 9.64 Å². The lowest BCUT2D eigenvalue weighted by Gasteiger charge is -2.41. The molecule has 5 nitrogen and oxygen atoms in total. The second-order valence-corrected chi connectivity index (χ2v) is 6.33. The molecule has 1 unspecified atom stereocenters. The molecular formula is C16H20FN3O2. The Morgan fingerprint density at radius 2 is 2.09 bits per heavy atom. The second-order valence-electron chi connectivity index (χ2n) is 6.33. The number of nitrogens with zero attached hydrogens (tertiary/aromatic N) is 2. The van der Waals surface area contributed by atoms with E-state index in [2.05, 4.69) is 11.4 Å². The Balaban J connectivity index is 1.88. The van der Waals surface area contributed by atoms with Crippen LogP contribution in [-0.2, 0) is 4.74 Å². The zero-order valence-corrected chi connectivity index (χ0v) is 13.0. The molecule has 1 atom stereocenters. The quantitative estimate of drug-likeness (QED) is 0.932. The highest BCUT2D eigenvalue weighted by Gasteiger charge is 2.35. The molecule has 0 radical (unpaired) electrons. The standard InChI is InChI=1S/C16H20FN3O2/c1-16(2,3)22-15(21)20-9-11(10-20)19-14(8-18)12-6-4-5-7-13(12)17/h4-7,11,14,19H,9-10H2,1-3H3. The highest BCUT2D eigenvalue weighted by Crippen LogP contribution is 2.20. The van der Waals surface area contributed by atoms with Gasteiger partial charge in [0.25, 0.3) is 0 Å². The highest BCUT2D eigenvalue weighted by atomic mass is 19.1. The fourth-order valence-electron chi connectivity index (χ4n) is 2.20. The summed E-state index contributed by atoms with van der Waals surface area (Å²) in [7, 11) is 0. The molecule has 1 heterocycles. The Morgan fingerprint density at radius 3 is 2.64 bits per heavy atom. The third-order valence-electron chi connectivity index (χ3n) is 3.28. The van der Waals surface area contributed by atoms with E-state index in [0.717, 1.165) is 0 Å². The molecule has 0 spiro atoms. The number of nitrogens with one attached hydrogen (secondary N) is 1. The Labute approximate surface area is 129 Å². The van der Waals surface area contributed by atoms with Crippen LogP contribution in [0.15, 0.2) is 24.3 Å². The van der Waals surface area contributed by atoms with E-state index < -0.39 is 17.5 Å². The summed E-state index contributed by atoms with van der Waals surface area (Å²) in [5, 5.41) is 12.3. The van der Waals surface area contributed by atoms with Gasteiger partial charge in [-0.3, -0.25) is 5.32 Å². The highest BCUT2D eigenvalue weighted by molar-refractivity contribution is 5.69. The number of hydrogen-bond acceptors (Lipinski definition) is 4. The molecule has 2 rings (SSSR count). The Bertz CT molecular complexity index is 586. The monoisotopic (exact) mass is 305 g/mol. The summed E-state index contributed by atoms with van der Waals surface area (Å²) in [5.74, 6) is -0.412. The first kappa shape index (κ1) is 16.2. The minimum Gasteiger partial charge on any atom is -0.444 e. The Hall–Kier alpha value is -2.13. The normalized spacial score (nSPS) is 16.6. The van der Waals surface area contributed by atoms with Gasteiger partial charge >= 0.3 is 6.09 Å². The zero-order chi connectivity index (χ0) is 16.3. The third kappa shape index (κ3) is 3.95. The molecule has 1 N–H and O–H groups in total. The molecule has 0 aliphatic carbocycles. The third-order valence-corrected chi connectivity index (χ3v) is 3.28. The van der Waals surface area contributed by atoms with Gasteiger partial charge in [0.1, 0.15) is 17.5 Å². The molecule has 1 aliphatic heterocycles. The molecular weight excluding hydrogens is 285 g/mol.